The topological polar surface area (TPSA) is 66.5 Å². The van der Waals surface area contributed by atoms with E-state index in [1.54, 1.807) is 38.1 Å². The number of aliphatic hydroxyl groups is 1. The molecule has 4 rings (SSSR count). The van der Waals surface area contributed by atoms with Gasteiger partial charge < -0.3 is 10.0 Å². The molecule has 0 amide bonds. The van der Waals surface area contributed by atoms with Crippen molar-refractivity contribution >= 4 is 11.5 Å². The van der Waals surface area contributed by atoms with Gasteiger partial charge in [0.2, 0.25) is 0 Å². The minimum atomic E-state index is -0.924. The van der Waals surface area contributed by atoms with Crippen molar-refractivity contribution in [3.05, 3.63) is 78.1 Å². The number of aromatic nitrogens is 4. The fourth-order valence-corrected chi connectivity index (χ4v) is 3.25. The van der Waals surface area contributed by atoms with Crippen LogP contribution in [0.1, 0.15) is 19.4 Å². The Morgan fingerprint density at radius 3 is 2.41 bits per heavy atom. The van der Waals surface area contributed by atoms with E-state index in [1.807, 2.05) is 41.3 Å². The van der Waals surface area contributed by atoms with E-state index in [-0.39, 0.29) is 5.82 Å². The van der Waals surface area contributed by atoms with Crippen LogP contribution in [-0.2, 0) is 6.54 Å². The zero-order chi connectivity index (χ0) is 20.4. The van der Waals surface area contributed by atoms with Crippen LogP contribution in [0.2, 0.25) is 0 Å². The van der Waals surface area contributed by atoms with Crippen molar-refractivity contribution in [2.45, 2.75) is 26.0 Å². The normalized spacial score (nSPS) is 11.7. The molecule has 0 aliphatic heterocycles. The molecule has 7 heteroatoms. The first-order chi connectivity index (χ1) is 13.9. The summed E-state index contributed by atoms with van der Waals surface area (Å²) >= 11 is 0. The van der Waals surface area contributed by atoms with E-state index >= 15 is 0 Å². The highest BCUT2D eigenvalue weighted by molar-refractivity contribution is 5.60. The number of fused-ring (bicyclic) bond motifs is 1. The number of hydrogen-bond acceptors (Lipinski definition) is 5. The molecule has 0 bridgehead atoms. The summed E-state index contributed by atoms with van der Waals surface area (Å²) in [5.74, 6) is 0.593. The largest absolute Gasteiger partial charge is 0.389 e. The first-order valence-electron chi connectivity index (χ1n) is 9.39. The van der Waals surface area contributed by atoms with Gasteiger partial charge in [0.1, 0.15) is 11.6 Å². The van der Waals surface area contributed by atoms with Crippen LogP contribution in [0.15, 0.2) is 66.7 Å². The van der Waals surface area contributed by atoms with Gasteiger partial charge >= 0.3 is 0 Å². The van der Waals surface area contributed by atoms with Crippen LogP contribution in [-0.4, -0.2) is 37.1 Å². The second-order valence-corrected chi connectivity index (χ2v) is 7.62. The molecular weight excluding hydrogens is 369 g/mol. The third-order valence-electron chi connectivity index (χ3n) is 4.48. The summed E-state index contributed by atoms with van der Waals surface area (Å²) in [6, 6.07) is 20.0. The Labute approximate surface area is 168 Å². The lowest BCUT2D eigenvalue weighted by Crippen LogP contribution is -2.39. The Kier molecular flexibility index (Phi) is 4.98. The lowest BCUT2D eigenvalue weighted by molar-refractivity contribution is 0.0867. The van der Waals surface area contributed by atoms with Crippen LogP contribution >= 0.6 is 0 Å². The first-order valence-corrected chi connectivity index (χ1v) is 9.39. The van der Waals surface area contributed by atoms with Crippen LogP contribution in [0.5, 0.6) is 0 Å². The number of hydrogen-bond donors (Lipinski definition) is 1. The smallest absolute Gasteiger partial charge is 0.188 e. The number of halogens is 1. The lowest BCUT2D eigenvalue weighted by atomic mass is 10.1. The number of benzene rings is 2. The molecule has 29 heavy (non-hydrogen) atoms. The SMILES string of the molecule is CC(C)(O)CN(Cc1ccccc1)c1ccc2nnc(-c3ccccc3F)n2n1. The highest BCUT2D eigenvalue weighted by Crippen LogP contribution is 2.23. The van der Waals surface area contributed by atoms with E-state index in [0.717, 1.165) is 5.56 Å². The van der Waals surface area contributed by atoms with Crippen molar-refractivity contribution < 1.29 is 9.50 Å². The Morgan fingerprint density at radius 2 is 1.69 bits per heavy atom. The van der Waals surface area contributed by atoms with Crippen LogP contribution in [0, 0.1) is 5.82 Å². The molecule has 0 spiro atoms. The quantitative estimate of drug-likeness (QED) is 0.543. The van der Waals surface area contributed by atoms with Gasteiger partial charge in [-0.1, -0.05) is 42.5 Å². The molecule has 2 aromatic heterocycles. The van der Waals surface area contributed by atoms with Crippen molar-refractivity contribution in [3.8, 4) is 11.4 Å². The maximum Gasteiger partial charge on any atom is 0.188 e. The monoisotopic (exact) mass is 391 g/mol. The molecule has 0 atom stereocenters. The zero-order valence-corrected chi connectivity index (χ0v) is 16.3. The van der Waals surface area contributed by atoms with Gasteiger partial charge in [0, 0.05) is 13.1 Å². The summed E-state index contributed by atoms with van der Waals surface area (Å²) < 4.78 is 15.8. The average molecular weight is 391 g/mol. The van der Waals surface area contributed by atoms with E-state index in [0.29, 0.717) is 35.9 Å². The number of rotatable bonds is 6. The highest BCUT2D eigenvalue weighted by Gasteiger charge is 2.21. The second-order valence-electron chi connectivity index (χ2n) is 7.62. The fourth-order valence-electron chi connectivity index (χ4n) is 3.25. The van der Waals surface area contributed by atoms with Crippen molar-refractivity contribution in [1.29, 1.82) is 0 Å². The third kappa shape index (κ3) is 4.25. The van der Waals surface area contributed by atoms with Gasteiger partial charge in [-0.3, -0.25) is 0 Å². The molecule has 6 nitrogen and oxygen atoms in total. The van der Waals surface area contributed by atoms with Gasteiger partial charge in [0.05, 0.1) is 11.2 Å². The van der Waals surface area contributed by atoms with Gasteiger partial charge in [0.25, 0.3) is 0 Å². The predicted molar refractivity (Wildman–Crippen MR) is 110 cm³/mol. The van der Waals surface area contributed by atoms with Gasteiger partial charge in [-0.15, -0.1) is 15.3 Å². The van der Waals surface area contributed by atoms with Crippen LogP contribution in [0.25, 0.3) is 17.0 Å². The van der Waals surface area contributed by atoms with Crippen molar-refractivity contribution in [2.24, 2.45) is 0 Å². The van der Waals surface area contributed by atoms with E-state index in [9.17, 15) is 9.50 Å². The maximum absolute atomic E-state index is 14.3. The highest BCUT2D eigenvalue weighted by atomic mass is 19.1. The van der Waals surface area contributed by atoms with Gasteiger partial charge in [-0.2, -0.15) is 4.52 Å². The van der Waals surface area contributed by atoms with E-state index < -0.39 is 5.60 Å². The Bertz CT molecular complexity index is 1120. The molecular formula is C22H22FN5O. The Hall–Kier alpha value is -3.32. The molecule has 1 N–H and O–H groups in total. The van der Waals surface area contributed by atoms with Crippen molar-refractivity contribution in [1.82, 2.24) is 19.8 Å². The number of anilines is 1. The average Bonchev–Trinajstić information content (AvgIpc) is 3.11. The minimum absolute atomic E-state index is 0.335. The molecule has 0 saturated heterocycles. The van der Waals surface area contributed by atoms with Gasteiger partial charge in [-0.05, 0) is 43.7 Å². The third-order valence-corrected chi connectivity index (χ3v) is 4.48. The summed E-state index contributed by atoms with van der Waals surface area (Å²) in [6.45, 7) is 4.46. The Morgan fingerprint density at radius 1 is 0.966 bits per heavy atom. The zero-order valence-electron chi connectivity index (χ0n) is 16.3. The second kappa shape index (κ2) is 7.60. The molecule has 0 fully saturated rings. The summed E-state index contributed by atoms with van der Waals surface area (Å²) in [7, 11) is 0. The summed E-state index contributed by atoms with van der Waals surface area (Å²) in [6.07, 6.45) is 0. The van der Waals surface area contributed by atoms with Crippen LogP contribution in [0.4, 0.5) is 10.2 Å². The first kappa shape index (κ1) is 19.0. The summed E-state index contributed by atoms with van der Waals surface area (Å²) in [5, 5.41) is 23.3. The van der Waals surface area contributed by atoms with Gasteiger partial charge in [-0.25, -0.2) is 4.39 Å². The van der Waals surface area contributed by atoms with Crippen molar-refractivity contribution in [2.75, 3.05) is 11.4 Å². The van der Waals surface area contributed by atoms with E-state index in [1.165, 1.54) is 10.6 Å². The molecule has 2 aromatic carbocycles. The molecule has 2 heterocycles. The molecule has 0 radical (unpaired) electrons. The number of nitrogens with zero attached hydrogens (tertiary/aromatic N) is 5. The fraction of sp³-hybridized carbons (Fsp3) is 0.227. The predicted octanol–water partition coefficient (Wildman–Crippen LogP) is 3.71. The minimum Gasteiger partial charge on any atom is -0.389 e. The van der Waals surface area contributed by atoms with Crippen LogP contribution < -0.4 is 4.90 Å². The summed E-state index contributed by atoms with van der Waals surface area (Å²) in [4.78, 5) is 1.99. The molecule has 0 unspecified atom stereocenters. The lowest BCUT2D eigenvalue weighted by Gasteiger charge is -2.30. The molecule has 0 saturated carbocycles. The molecule has 148 valence electrons. The Balaban J connectivity index is 1.77. The standard InChI is InChI=1S/C22H22FN5O/c1-22(2,29)15-27(14-16-8-4-3-5-9-16)20-13-12-19-24-25-21(28(19)26-20)17-10-6-7-11-18(17)23/h3-13,29H,14-15H2,1-2H3. The van der Waals surface area contributed by atoms with Gasteiger partial charge in [0.15, 0.2) is 11.5 Å². The van der Waals surface area contributed by atoms with Crippen molar-refractivity contribution in [3.63, 3.8) is 0 Å². The maximum atomic E-state index is 14.3. The van der Waals surface area contributed by atoms with E-state index in [4.69, 9.17) is 0 Å². The molecule has 0 aliphatic carbocycles. The summed E-state index contributed by atoms with van der Waals surface area (Å²) in [5.41, 5.74) is 1.03. The molecule has 4 aromatic rings. The van der Waals surface area contributed by atoms with Crippen LogP contribution in [0.3, 0.4) is 0 Å². The molecule has 0 aliphatic rings. The van der Waals surface area contributed by atoms with E-state index in [2.05, 4.69) is 15.3 Å².